The van der Waals surface area contributed by atoms with E-state index in [1.54, 1.807) is 7.05 Å². The molecule has 4 aromatic rings. The highest BCUT2D eigenvalue weighted by atomic mass is 16.2. The van der Waals surface area contributed by atoms with Crippen LogP contribution in [-0.4, -0.2) is 80.3 Å². The third-order valence-electron chi connectivity index (χ3n) is 9.20. The van der Waals surface area contributed by atoms with Crippen LogP contribution >= 0.6 is 0 Å². The molecule has 0 saturated carbocycles. The molecule has 0 aliphatic carbocycles. The van der Waals surface area contributed by atoms with Crippen LogP contribution in [0.3, 0.4) is 0 Å². The van der Waals surface area contributed by atoms with Crippen molar-refractivity contribution < 1.29 is 14.4 Å². The van der Waals surface area contributed by atoms with E-state index in [0.29, 0.717) is 18.8 Å². The Morgan fingerprint density at radius 1 is 0.863 bits per heavy atom. The van der Waals surface area contributed by atoms with Crippen LogP contribution in [0.15, 0.2) is 72.9 Å². The predicted molar refractivity (Wildman–Crippen MR) is 213 cm³/mol. The lowest BCUT2D eigenvalue weighted by Gasteiger charge is -2.32. The highest BCUT2D eigenvalue weighted by Crippen LogP contribution is 2.29. The van der Waals surface area contributed by atoms with Gasteiger partial charge in [-0.15, -0.1) is 0 Å². The molecular weight excluding hydrogens is 635 g/mol. The summed E-state index contributed by atoms with van der Waals surface area (Å²) >= 11 is 0. The van der Waals surface area contributed by atoms with Gasteiger partial charge in [-0.2, -0.15) is 0 Å². The molecule has 6 rings (SSSR count). The molecule has 1 aromatic heterocycles. The van der Waals surface area contributed by atoms with Crippen molar-refractivity contribution in [2.45, 2.75) is 79.1 Å². The Hall–Kier alpha value is -4.43. The van der Waals surface area contributed by atoms with Crippen molar-refractivity contribution in [2.24, 2.45) is 5.92 Å². The number of hydrogen-bond donors (Lipinski definition) is 2. The molecule has 2 aliphatic heterocycles. The van der Waals surface area contributed by atoms with Crippen LogP contribution in [0.5, 0.6) is 0 Å². The summed E-state index contributed by atoms with van der Waals surface area (Å²) in [5.41, 5.74) is 7.97. The number of hydrogen-bond acceptors (Lipinski definition) is 4. The van der Waals surface area contributed by atoms with E-state index < -0.39 is 0 Å². The number of H-pyrrole nitrogens is 1. The zero-order valence-corrected chi connectivity index (χ0v) is 32.4. The van der Waals surface area contributed by atoms with Crippen molar-refractivity contribution in [2.75, 3.05) is 52.7 Å². The number of para-hydroxylation sites is 1. The van der Waals surface area contributed by atoms with Gasteiger partial charge in [-0.1, -0.05) is 67.4 Å². The van der Waals surface area contributed by atoms with Gasteiger partial charge in [0.25, 0.3) is 5.91 Å². The number of likely N-dealkylation sites (tertiary alicyclic amines) is 1. The van der Waals surface area contributed by atoms with Crippen LogP contribution in [0.25, 0.3) is 10.9 Å². The summed E-state index contributed by atoms with van der Waals surface area (Å²) in [6, 6.07) is 22.4. The first-order valence-electron chi connectivity index (χ1n) is 18.7. The molecule has 3 amide bonds. The Labute approximate surface area is 306 Å². The molecule has 0 spiro atoms. The highest BCUT2D eigenvalue weighted by Gasteiger charge is 2.24. The molecule has 1 fully saturated rings. The first-order chi connectivity index (χ1) is 24.5. The molecule has 3 heterocycles. The lowest BCUT2D eigenvalue weighted by molar-refractivity contribution is -0.121. The maximum Gasteiger partial charge on any atom is 0.253 e. The van der Waals surface area contributed by atoms with Crippen LogP contribution in [0.2, 0.25) is 0 Å². The molecule has 1 saturated heterocycles. The Balaban J connectivity index is 0.000000241. The summed E-state index contributed by atoms with van der Waals surface area (Å²) in [4.78, 5) is 45.6. The van der Waals surface area contributed by atoms with Gasteiger partial charge in [0.2, 0.25) is 11.8 Å². The largest absolute Gasteiger partial charge is 0.361 e. The van der Waals surface area contributed by atoms with Gasteiger partial charge in [0, 0.05) is 67.9 Å². The first kappa shape index (κ1) is 41.0. The normalized spacial score (nSPS) is 13.9. The Morgan fingerprint density at radius 2 is 1.51 bits per heavy atom. The second-order valence-corrected chi connectivity index (χ2v) is 13.8. The summed E-state index contributed by atoms with van der Waals surface area (Å²) in [6.07, 6.45) is 8.99. The number of carbonyl (C=O) groups excluding carboxylic acids is 3. The lowest BCUT2D eigenvalue weighted by Crippen LogP contribution is -2.38. The summed E-state index contributed by atoms with van der Waals surface area (Å²) in [5, 5.41) is 3.88. The fourth-order valence-corrected chi connectivity index (χ4v) is 6.46. The molecule has 8 nitrogen and oxygen atoms in total. The predicted octanol–water partition coefficient (Wildman–Crippen LogP) is 7.97. The number of aromatic amines is 1. The summed E-state index contributed by atoms with van der Waals surface area (Å²) in [5.74, 6) is 1.02. The van der Waals surface area contributed by atoms with Gasteiger partial charge in [0.15, 0.2) is 0 Å². The van der Waals surface area contributed by atoms with Gasteiger partial charge in [-0.25, -0.2) is 0 Å². The molecule has 0 unspecified atom stereocenters. The zero-order chi connectivity index (χ0) is 37.3. The van der Waals surface area contributed by atoms with Gasteiger partial charge in [-0.05, 0) is 115 Å². The first-order valence-corrected chi connectivity index (χ1v) is 18.7. The van der Waals surface area contributed by atoms with E-state index in [-0.39, 0.29) is 17.7 Å². The fourth-order valence-electron chi connectivity index (χ4n) is 6.46. The number of aryl methyl sites for hydroxylation is 4. The minimum Gasteiger partial charge on any atom is -0.361 e. The molecule has 0 atom stereocenters. The van der Waals surface area contributed by atoms with Crippen molar-refractivity contribution in [1.82, 2.24) is 20.1 Å². The number of fused-ring (bicyclic) bond motifs is 2. The van der Waals surface area contributed by atoms with Gasteiger partial charge in [0.05, 0.1) is 0 Å². The second kappa shape index (κ2) is 21.1. The molecule has 2 N–H and O–H groups in total. The third kappa shape index (κ3) is 12.7. The number of anilines is 1. The number of nitrogens with zero attached hydrogens (tertiary/aromatic N) is 3. The molecule has 0 radical (unpaired) electrons. The average molecular weight is 696 g/mol. The van der Waals surface area contributed by atoms with E-state index >= 15 is 0 Å². The molecule has 8 heteroatoms. The number of carbonyl (C=O) groups is 3. The maximum atomic E-state index is 12.8. The molecule has 2 aliphatic rings. The number of piperidine rings is 1. The van der Waals surface area contributed by atoms with Crippen LogP contribution < -0.4 is 10.2 Å². The number of aromatic nitrogens is 1. The minimum absolute atomic E-state index is 0.105. The van der Waals surface area contributed by atoms with Crippen LogP contribution in [0.4, 0.5) is 5.69 Å². The average Bonchev–Trinajstić information content (AvgIpc) is 3.56. The van der Waals surface area contributed by atoms with Crippen molar-refractivity contribution in [3.63, 3.8) is 0 Å². The van der Waals surface area contributed by atoms with Crippen LogP contribution in [-0.2, 0) is 22.4 Å². The van der Waals surface area contributed by atoms with Gasteiger partial charge >= 0.3 is 0 Å². The SMILES string of the molecule is CC.CN(C)C.CNC(=O)CCC1CCN(C(=O)c2ccc(C)cc2)CC1.Cc1ccc2c(c1)CCCN2C(=O)CCc1c[nH]c2ccccc12. The number of nitrogens with one attached hydrogen (secondary N) is 2. The lowest BCUT2D eigenvalue weighted by atomic mass is 9.91. The number of benzene rings is 3. The fraction of sp³-hybridized carbons (Fsp3) is 0.465. The minimum atomic E-state index is 0.105. The van der Waals surface area contributed by atoms with E-state index in [0.717, 1.165) is 74.9 Å². The van der Waals surface area contributed by atoms with Gasteiger partial charge in [0.1, 0.15) is 0 Å². The summed E-state index contributed by atoms with van der Waals surface area (Å²) in [6.45, 7) is 10.6. The Morgan fingerprint density at radius 3 is 2.18 bits per heavy atom. The van der Waals surface area contributed by atoms with Crippen molar-refractivity contribution in [3.8, 4) is 0 Å². The summed E-state index contributed by atoms with van der Waals surface area (Å²) in [7, 11) is 7.67. The second-order valence-electron chi connectivity index (χ2n) is 13.8. The van der Waals surface area contributed by atoms with Gasteiger partial charge < -0.3 is 25.0 Å². The van der Waals surface area contributed by atoms with Crippen LogP contribution in [0, 0.1) is 19.8 Å². The molecule has 0 bridgehead atoms. The molecule has 51 heavy (non-hydrogen) atoms. The molecule has 3 aromatic carbocycles. The quantitative estimate of drug-likeness (QED) is 0.205. The molecular formula is C43H61N5O3. The van der Waals surface area contributed by atoms with E-state index in [4.69, 9.17) is 0 Å². The Kier molecular flexibility index (Phi) is 16.9. The molecule has 276 valence electrons. The van der Waals surface area contributed by atoms with E-state index in [1.165, 1.54) is 27.6 Å². The third-order valence-corrected chi connectivity index (χ3v) is 9.20. The van der Waals surface area contributed by atoms with Crippen molar-refractivity contribution >= 4 is 34.3 Å². The standard InChI is InChI=1S/C21H22N2O.C17H24N2O2.C3H9N.C2H6/c1-15-8-10-20-16(13-15)5-4-12-23(20)21(24)11-9-17-14-22-19-7-3-2-6-18(17)19;1-13-3-6-15(7-4-13)17(21)19-11-9-14(10-12-19)5-8-16(20)18-2;1-4(2)3;1-2/h2-3,6-8,10,13-14,22H,4-5,9,11-12H2,1H3;3-4,6-7,14H,5,8-12H2,1-2H3,(H,18,20);1-3H3;1-2H3. The van der Waals surface area contributed by atoms with E-state index in [2.05, 4.69) is 47.6 Å². The van der Waals surface area contributed by atoms with Crippen molar-refractivity contribution in [3.05, 3.63) is 101 Å². The zero-order valence-electron chi connectivity index (χ0n) is 32.4. The highest BCUT2D eigenvalue weighted by molar-refractivity contribution is 5.95. The van der Waals surface area contributed by atoms with Crippen LogP contribution in [0.1, 0.15) is 85.0 Å². The monoisotopic (exact) mass is 695 g/mol. The van der Waals surface area contributed by atoms with Crippen molar-refractivity contribution in [1.29, 1.82) is 0 Å². The number of amides is 3. The number of rotatable bonds is 7. The van der Waals surface area contributed by atoms with E-state index in [9.17, 15) is 14.4 Å². The Bertz CT molecular complexity index is 1670. The van der Waals surface area contributed by atoms with E-state index in [1.807, 2.05) is 99.2 Å². The summed E-state index contributed by atoms with van der Waals surface area (Å²) < 4.78 is 0. The topological polar surface area (TPSA) is 88.8 Å². The maximum absolute atomic E-state index is 12.8. The smallest absolute Gasteiger partial charge is 0.253 e. The van der Waals surface area contributed by atoms with Gasteiger partial charge in [-0.3, -0.25) is 14.4 Å².